The van der Waals surface area contributed by atoms with E-state index in [2.05, 4.69) is 34.6 Å². The van der Waals surface area contributed by atoms with Crippen LogP contribution < -0.4 is 0 Å². The first-order valence-electron chi connectivity index (χ1n) is 13.2. The van der Waals surface area contributed by atoms with Crippen LogP contribution in [0, 0.1) is 11.3 Å². The molecule has 0 fully saturated rings. The van der Waals surface area contributed by atoms with Gasteiger partial charge in [0.15, 0.2) is 0 Å². The Bertz CT molecular complexity index is 657. The highest BCUT2D eigenvalue weighted by Gasteiger charge is 2.17. The first-order chi connectivity index (χ1) is 15.7. The minimum Gasteiger partial charge on any atom is -0.462 e. The van der Waals surface area contributed by atoms with E-state index in [-0.39, 0.29) is 17.4 Å². The second kappa shape index (κ2) is 16.7. The Hall–Kier alpha value is -1.84. The molecule has 33 heavy (non-hydrogen) atoms. The van der Waals surface area contributed by atoms with Gasteiger partial charge in [-0.2, -0.15) is 0 Å². The lowest BCUT2D eigenvalue weighted by Crippen LogP contribution is -2.18. The summed E-state index contributed by atoms with van der Waals surface area (Å²) in [5, 5.41) is 0. The number of carbonyl (C=O) groups excluding carboxylic acids is 2. The molecule has 0 amide bonds. The maximum Gasteiger partial charge on any atom is 0.338 e. The van der Waals surface area contributed by atoms with E-state index in [0.29, 0.717) is 30.3 Å². The molecule has 0 bridgehead atoms. The molecule has 4 nitrogen and oxygen atoms in total. The monoisotopic (exact) mass is 460 g/mol. The SMILES string of the molecule is CCCCCCCCCCCCCOC(=O)c1ccc(C(=O)OCC(C)CC(C)(C)C)cc1. The van der Waals surface area contributed by atoms with Gasteiger partial charge in [0, 0.05) is 0 Å². The van der Waals surface area contributed by atoms with E-state index in [1.165, 1.54) is 57.8 Å². The van der Waals surface area contributed by atoms with Crippen LogP contribution in [0.25, 0.3) is 0 Å². The molecule has 1 unspecified atom stereocenters. The highest BCUT2D eigenvalue weighted by Crippen LogP contribution is 2.24. The molecule has 1 atom stereocenters. The lowest BCUT2D eigenvalue weighted by molar-refractivity contribution is 0.0418. The zero-order valence-corrected chi connectivity index (χ0v) is 21.9. The number of ether oxygens (including phenoxy) is 2. The molecule has 0 spiro atoms. The summed E-state index contributed by atoms with van der Waals surface area (Å²) in [5.41, 5.74) is 1.14. The predicted octanol–water partition coefficient (Wildman–Crippen LogP) is 8.38. The zero-order valence-electron chi connectivity index (χ0n) is 21.9. The Labute approximate surface area is 202 Å². The summed E-state index contributed by atoms with van der Waals surface area (Å²) in [6, 6.07) is 6.54. The Balaban J connectivity index is 2.16. The molecular formula is C29H48O4. The van der Waals surface area contributed by atoms with Gasteiger partial charge in [-0.15, -0.1) is 0 Å². The van der Waals surface area contributed by atoms with E-state index in [1.54, 1.807) is 24.3 Å². The fraction of sp³-hybridized carbons (Fsp3) is 0.724. The summed E-state index contributed by atoms with van der Waals surface area (Å²) >= 11 is 0. The van der Waals surface area contributed by atoms with Crippen LogP contribution >= 0.6 is 0 Å². The van der Waals surface area contributed by atoms with Crippen molar-refractivity contribution in [1.82, 2.24) is 0 Å². The van der Waals surface area contributed by atoms with E-state index >= 15 is 0 Å². The summed E-state index contributed by atoms with van der Waals surface area (Å²) < 4.78 is 10.8. The van der Waals surface area contributed by atoms with Crippen LogP contribution in [0.5, 0.6) is 0 Å². The summed E-state index contributed by atoms with van der Waals surface area (Å²) in [5.74, 6) is -0.379. The summed E-state index contributed by atoms with van der Waals surface area (Å²) in [6.07, 6.45) is 14.9. The highest BCUT2D eigenvalue weighted by molar-refractivity contribution is 5.93. The molecule has 4 heteroatoms. The maximum absolute atomic E-state index is 12.3. The molecule has 1 rings (SSSR count). The normalized spacial score (nSPS) is 12.4. The number of benzene rings is 1. The van der Waals surface area contributed by atoms with Gasteiger partial charge in [0.1, 0.15) is 0 Å². The molecule has 1 aromatic rings. The molecule has 0 aromatic heterocycles. The standard InChI is InChI=1S/C29H48O4/c1-6-7-8-9-10-11-12-13-14-15-16-21-32-27(30)25-17-19-26(20-18-25)28(31)33-23-24(2)22-29(3,4)5/h17-20,24H,6-16,21-23H2,1-5H3. The van der Waals surface area contributed by atoms with Crippen LogP contribution in [0.3, 0.4) is 0 Å². The Morgan fingerprint density at radius 2 is 1.15 bits per heavy atom. The van der Waals surface area contributed by atoms with Gasteiger partial charge in [0.2, 0.25) is 0 Å². The van der Waals surface area contributed by atoms with Gasteiger partial charge < -0.3 is 9.47 Å². The zero-order chi connectivity index (χ0) is 24.5. The van der Waals surface area contributed by atoms with Crippen molar-refractivity contribution in [2.24, 2.45) is 11.3 Å². The lowest BCUT2D eigenvalue weighted by atomic mass is 9.86. The summed E-state index contributed by atoms with van der Waals surface area (Å²) in [4.78, 5) is 24.5. The maximum atomic E-state index is 12.3. The first kappa shape index (κ1) is 29.2. The van der Waals surface area contributed by atoms with Crippen LogP contribution in [0.2, 0.25) is 0 Å². The van der Waals surface area contributed by atoms with Crippen LogP contribution in [-0.2, 0) is 9.47 Å². The average Bonchev–Trinajstić information content (AvgIpc) is 2.77. The van der Waals surface area contributed by atoms with E-state index < -0.39 is 0 Å². The van der Waals surface area contributed by atoms with Gasteiger partial charge in [-0.1, -0.05) is 98.8 Å². The van der Waals surface area contributed by atoms with E-state index in [4.69, 9.17) is 9.47 Å². The Morgan fingerprint density at radius 3 is 1.61 bits per heavy atom. The molecule has 0 N–H and O–H groups in total. The van der Waals surface area contributed by atoms with Gasteiger partial charge >= 0.3 is 11.9 Å². The van der Waals surface area contributed by atoms with Gasteiger partial charge in [-0.3, -0.25) is 0 Å². The third-order valence-electron chi connectivity index (χ3n) is 5.80. The van der Waals surface area contributed by atoms with Crippen molar-refractivity contribution >= 4 is 11.9 Å². The second-order valence-electron chi connectivity index (χ2n) is 10.7. The van der Waals surface area contributed by atoms with E-state index in [1.807, 2.05) is 0 Å². The van der Waals surface area contributed by atoms with Crippen LogP contribution in [0.15, 0.2) is 24.3 Å². The minimum atomic E-state index is -0.350. The molecule has 0 aliphatic heterocycles. The quantitative estimate of drug-likeness (QED) is 0.173. The van der Waals surface area contributed by atoms with E-state index in [9.17, 15) is 9.59 Å². The molecular weight excluding hydrogens is 412 g/mol. The smallest absolute Gasteiger partial charge is 0.338 e. The van der Waals surface area contributed by atoms with Crippen molar-refractivity contribution in [1.29, 1.82) is 0 Å². The number of carbonyl (C=O) groups is 2. The number of hydrogen-bond acceptors (Lipinski definition) is 4. The van der Waals surface area contributed by atoms with E-state index in [0.717, 1.165) is 19.3 Å². The largest absolute Gasteiger partial charge is 0.462 e. The topological polar surface area (TPSA) is 52.6 Å². The van der Waals surface area contributed by atoms with Crippen molar-refractivity contribution in [3.05, 3.63) is 35.4 Å². The van der Waals surface area contributed by atoms with Crippen LogP contribution in [0.4, 0.5) is 0 Å². The van der Waals surface area contributed by atoms with Crippen molar-refractivity contribution in [2.45, 2.75) is 112 Å². The molecule has 0 aliphatic carbocycles. The third-order valence-corrected chi connectivity index (χ3v) is 5.80. The fourth-order valence-corrected chi connectivity index (χ4v) is 4.16. The van der Waals surface area contributed by atoms with Gasteiger partial charge in [-0.05, 0) is 48.4 Å². The van der Waals surface area contributed by atoms with Crippen molar-refractivity contribution in [2.75, 3.05) is 13.2 Å². The number of rotatable bonds is 17. The molecule has 0 heterocycles. The average molecular weight is 461 g/mol. The molecule has 1 aromatic carbocycles. The third kappa shape index (κ3) is 14.8. The summed E-state index contributed by atoms with van der Waals surface area (Å²) in [6.45, 7) is 11.7. The molecule has 0 saturated carbocycles. The number of esters is 2. The summed E-state index contributed by atoms with van der Waals surface area (Å²) in [7, 11) is 0. The predicted molar refractivity (Wildman–Crippen MR) is 137 cm³/mol. The molecule has 0 saturated heterocycles. The molecule has 0 radical (unpaired) electrons. The molecule has 0 aliphatic rings. The first-order valence-corrected chi connectivity index (χ1v) is 13.2. The number of hydrogen-bond donors (Lipinski definition) is 0. The van der Waals surface area contributed by atoms with Gasteiger partial charge in [-0.25, -0.2) is 9.59 Å². The Kier molecular flexibility index (Phi) is 14.8. The second-order valence-corrected chi connectivity index (χ2v) is 10.7. The van der Waals surface area contributed by atoms with Crippen molar-refractivity contribution in [3.8, 4) is 0 Å². The van der Waals surface area contributed by atoms with Crippen LogP contribution in [0.1, 0.15) is 132 Å². The fourth-order valence-electron chi connectivity index (χ4n) is 4.16. The van der Waals surface area contributed by atoms with Crippen LogP contribution in [-0.4, -0.2) is 25.2 Å². The lowest BCUT2D eigenvalue weighted by Gasteiger charge is -2.22. The van der Waals surface area contributed by atoms with Crippen molar-refractivity contribution in [3.63, 3.8) is 0 Å². The Morgan fingerprint density at radius 1 is 0.727 bits per heavy atom. The molecule has 188 valence electrons. The highest BCUT2D eigenvalue weighted by atomic mass is 16.5. The number of unbranched alkanes of at least 4 members (excludes halogenated alkanes) is 10. The van der Waals surface area contributed by atoms with Gasteiger partial charge in [0.25, 0.3) is 0 Å². The van der Waals surface area contributed by atoms with Crippen molar-refractivity contribution < 1.29 is 19.1 Å². The van der Waals surface area contributed by atoms with Gasteiger partial charge in [0.05, 0.1) is 24.3 Å². The minimum absolute atomic E-state index is 0.210.